The monoisotopic (exact) mass is 250 g/mol. The molecule has 0 saturated carbocycles. The van der Waals surface area contributed by atoms with Crippen LogP contribution in [-0.2, 0) is 11.3 Å². The Kier molecular flexibility index (Phi) is 5.13. The van der Waals surface area contributed by atoms with E-state index in [1.807, 2.05) is 12.1 Å². The lowest BCUT2D eigenvalue weighted by Crippen LogP contribution is -2.28. The van der Waals surface area contributed by atoms with Gasteiger partial charge in [0.05, 0.1) is 7.11 Å². The van der Waals surface area contributed by atoms with Crippen molar-refractivity contribution in [2.24, 2.45) is 5.41 Å². The van der Waals surface area contributed by atoms with Crippen LogP contribution in [0, 0.1) is 5.41 Å². The van der Waals surface area contributed by atoms with E-state index in [2.05, 4.69) is 31.1 Å². The minimum absolute atomic E-state index is 0.0556. The van der Waals surface area contributed by atoms with Gasteiger partial charge in [-0.25, -0.2) is 4.98 Å². The number of ether oxygens (including phenoxy) is 1. The summed E-state index contributed by atoms with van der Waals surface area (Å²) in [5, 5.41) is 2.92. The van der Waals surface area contributed by atoms with Crippen LogP contribution in [0.2, 0.25) is 0 Å². The Morgan fingerprint density at radius 2 is 2.22 bits per heavy atom. The Morgan fingerprint density at radius 3 is 2.83 bits per heavy atom. The summed E-state index contributed by atoms with van der Waals surface area (Å²) in [6, 6.07) is 3.69. The molecule has 0 spiro atoms. The molecule has 0 bridgehead atoms. The molecule has 0 radical (unpaired) electrons. The molecule has 1 aromatic heterocycles. The van der Waals surface area contributed by atoms with Gasteiger partial charge in [0.25, 0.3) is 0 Å². The molecule has 18 heavy (non-hydrogen) atoms. The average Bonchev–Trinajstić information content (AvgIpc) is 2.36. The van der Waals surface area contributed by atoms with Gasteiger partial charge >= 0.3 is 0 Å². The molecule has 0 aliphatic heterocycles. The number of hydrogen-bond acceptors (Lipinski definition) is 3. The molecule has 0 fully saturated rings. The van der Waals surface area contributed by atoms with Crippen LogP contribution in [0.4, 0.5) is 0 Å². The smallest absolute Gasteiger partial charge is 0.220 e. The van der Waals surface area contributed by atoms with Crippen LogP contribution in [0.25, 0.3) is 0 Å². The molecule has 0 aliphatic rings. The number of pyridine rings is 1. The zero-order chi connectivity index (χ0) is 13.6. The highest BCUT2D eigenvalue weighted by Crippen LogP contribution is 2.23. The van der Waals surface area contributed by atoms with E-state index in [4.69, 9.17) is 4.74 Å². The van der Waals surface area contributed by atoms with Gasteiger partial charge in [0.15, 0.2) is 0 Å². The van der Waals surface area contributed by atoms with Crippen LogP contribution in [0.5, 0.6) is 5.88 Å². The Bertz CT molecular complexity index is 403. The molecule has 0 unspecified atom stereocenters. The minimum Gasteiger partial charge on any atom is -0.481 e. The maximum Gasteiger partial charge on any atom is 0.220 e. The number of nitrogens with one attached hydrogen (secondary N) is 1. The van der Waals surface area contributed by atoms with Crippen LogP contribution >= 0.6 is 0 Å². The van der Waals surface area contributed by atoms with Crippen LogP contribution in [0.15, 0.2) is 18.3 Å². The van der Waals surface area contributed by atoms with Crippen molar-refractivity contribution in [1.82, 2.24) is 10.3 Å². The van der Waals surface area contributed by atoms with Gasteiger partial charge < -0.3 is 10.1 Å². The molecule has 4 heteroatoms. The molecule has 0 aliphatic carbocycles. The van der Waals surface area contributed by atoms with E-state index in [9.17, 15) is 4.79 Å². The lowest BCUT2D eigenvalue weighted by Gasteiger charge is -2.21. The van der Waals surface area contributed by atoms with Gasteiger partial charge in [0.1, 0.15) is 0 Å². The van der Waals surface area contributed by atoms with Crippen molar-refractivity contribution in [3.05, 3.63) is 23.9 Å². The quantitative estimate of drug-likeness (QED) is 0.844. The van der Waals surface area contributed by atoms with E-state index in [0.717, 1.165) is 12.0 Å². The maximum absolute atomic E-state index is 11.8. The fraction of sp³-hybridized carbons (Fsp3) is 0.571. The molecule has 1 amide bonds. The maximum atomic E-state index is 11.8. The van der Waals surface area contributed by atoms with Crippen LogP contribution in [-0.4, -0.2) is 18.0 Å². The highest BCUT2D eigenvalue weighted by atomic mass is 16.5. The fourth-order valence-corrected chi connectivity index (χ4v) is 1.49. The van der Waals surface area contributed by atoms with E-state index in [-0.39, 0.29) is 11.3 Å². The van der Waals surface area contributed by atoms with E-state index >= 15 is 0 Å². The molecule has 1 N–H and O–H groups in total. The number of hydrogen-bond donors (Lipinski definition) is 1. The predicted molar refractivity (Wildman–Crippen MR) is 71.3 cm³/mol. The number of methoxy groups -OCH3 is 1. The van der Waals surface area contributed by atoms with Crippen LogP contribution < -0.4 is 10.1 Å². The average molecular weight is 250 g/mol. The third-order valence-corrected chi connectivity index (χ3v) is 3.09. The lowest BCUT2D eigenvalue weighted by atomic mass is 9.86. The van der Waals surface area contributed by atoms with Gasteiger partial charge in [-0.3, -0.25) is 4.79 Å². The first kappa shape index (κ1) is 14.5. The molecule has 0 saturated heterocycles. The van der Waals surface area contributed by atoms with Gasteiger partial charge in [-0.2, -0.15) is 0 Å². The first-order chi connectivity index (χ1) is 8.46. The minimum atomic E-state index is 0.0556. The zero-order valence-corrected chi connectivity index (χ0v) is 11.6. The van der Waals surface area contributed by atoms with Crippen molar-refractivity contribution in [2.45, 2.75) is 40.2 Å². The number of carbonyl (C=O) groups is 1. The SMILES string of the molecule is CCC(C)(C)CC(=O)NCc1ccnc(OC)c1. The van der Waals surface area contributed by atoms with Gasteiger partial charge in [-0.05, 0) is 17.0 Å². The summed E-state index contributed by atoms with van der Waals surface area (Å²) in [4.78, 5) is 15.8. The van der Waals surface area contributed by atoms with Gasteiger partial charge in [-0.1, -0.05) is 27.2 Å². The zero-order valence-electron chi connectivity index (χ0n) is 11.6. The normalized spacial score (nSPS) is 11.1. The first-order valence-corrected chi connectivity index (χ1v) is 6.22. The fourth-order valence-electron chi connectivity index (χ4n) is 1.49. The third kappa shape index (κ3) is 4.73. The van der Waals surface area contributed by atoms with Gasteiger partial charge in [-0.15, -0.1) is 0 Å². The molecule has 4 nitrogen and oxygen atoms in total. The molecule has 100 valence electrons. The summed E-state index contributed by atoms with van der Waals surface area (Å²) in [5.41, 5.74) is 1.05. The van der Waals surface area contributed by atoms with E-state index in [1.165, 1.54) is 0 Å². The molecule has 1 heterocycles. The largest absolute Gasteiger partial charge is 0.481 e. The summed E-state index contributed by atoms with van der Waals surface area (Å²) >= 11 is 0. The van der Waals surface area contributed by atoms with Crippen LogP contribution in [0.1, 0.15) is 39.2 Å². The molecule has 0 aromatic carbocycles. The summed E-state index contributed by atoms with van der Waals surface area (Å²) < 4.78 is 5.04. The number of aromatic nitrogens is 1. The lowest BCUT2D eigenvalue weighted by molar-refractivity contribution is -0.123. The van der Waals surface area contributed by atoms with Crippen LogP contribution in [0.3, 0.4) is 0 Å². The van der Waals surface area contributed by atoms with E-state index in [0.29, 0.717) is 18.8 Å². The predicted octanol–water partition coefficient (Wildman–Crippen LogP) is 2.53. The number of rotatable bonds is 6. The highest BCUT2D eigenvalue weighted by Gasteiger charge is 2.19. The molecule has 0 atom stereocenters. The number of amides is 1. The van der Waals surface area contributed by atoms with Gasteiger partial charge in [0, 0.05) is 25.2 Å². The summed E-state index contributed by atoms with van der Waals surface area (Å²) in [5.74, 6) is 0.647. The second-order valence-corrected chi connectivity index (χ2v) is 5.18. The highest BCUT2D eigenvalue weighted by molar-refractivity contribution is 5.76. The first-order valence-electron chi connectivity index (χ1n) is 6.22. The van der Waals surface area contributed by atoms with Crippen molar-refractivity contribution in [1.29, 1.82) is 0 Å². The van der Waals surface area contributed by atoms with Crippen molar-refractivity contribution in [3.63, 3.8) is 0 Å². The Balaban J connectivity index is 2.47. The van der Waals surface area contributed by atoms with Crippen molar-refractivity contribution in [2.75, 3.05) is 7.11 Å². The van der Waals surface area contributed by atoms with Crippen molar-refractivity contribution in [3.8, 4) is 5.88 Å². The molecule has 1 rings (SSSR count). The van der Waals surface area contributed by atoms with Gasteiger partial charge in [0.2, 0.25) is 11.8 Å². The Hall–Kier alpha value is -1.58. The molecular weight excluding hydrogens is 228 g/mol. The molecular formula is C14H22N2O2. The second kappa shape index (κ2) is 6.38. The van der Waals surface area contributed by atoms with Crippen molar-refractivity contribution >= 4 is 5.91 Å². The molecule has 1 aromatic rings. The van der Waals surface area contributed by atoms with E-state index < -0.39 is 0 Å². The number of nitrogens with zero attached hydrogens (tertiary/aromatic N) is 1. The standard InChI is InChI=1S/C14H22N2O2/c1-5-14(2,3)9-12(17)16-10-11-6-7-15-13(8-11)18-4/h6-8H,5,9-10H2,1-4H3,(H,16,17). The van der Waals surface area contributed by atoms with Crippen molar-refractivity contribution < 1.29 is 9.53 Å². The Labute approximate surface area is 109 Å². The van der Waals surface area contributed by atoms with E-state index in [1.54, 1.807) is 13.3 Å². The second-order valence-electron chi connectivity index (χ2n) is 5.18. The topological polar surface area (TPSA) is 51.2 Å². The summed E-state index contributed by atoms with van der Waals surface area (Å²) in [6.45, 7) is 6.81. The number of carbonyl (C=O) groups excluding carboxylic acids is 1. The third-order valence-electron chi connectivity index (χ3n) is 3.09. The summed E-state index contributed by atoms with van der Waals surface area (Å²) in [7, 11) is 1.58. The Morgan fingerprint density at radius 1 is 1.50 bits per heavy atom. The summed E-state index contributed by atoms with van der Waals surface area (Å²) in [6.07, 6.45) is 3.21.